The maximum Gasteiger partial charge on any atom is 0.416 e. The Hall–Kier alpha value is -6.39. The average molecular weight is 968 g/mol. The Bertz CT molecular complexity index is 2790. The predicted molar refractivity (Wildman–Crippen MR) is 258 cm³/mol. The van der Waals surface area contributed by atoms with Gasteiger partial charge >= 0.3 is 12.2 Å². The number of aromatic nitrogens is 12. The SMILES string of the molecule is CN(C(=O)OC(C)(C)C)c1ncc(-c2nc(N3CCOCC3)c3nc(Cl)n(CC4CC4)c3n2)cn1.CN(C(=O)OC(C)(C)C)c1ncc(-c2nc(N3CCOCC3)c3ncn(CC4CC4)c3n2)cn1. The van der Waals surface area contributed by atoms with Crippen LogP contribution in [0.1, 0.15) is 67.2 Å². The number of carbonyl (C=O) groups is 2. The Morgan fingerprint density at radius 2 is 1.06 bits per heavy atom. The fourth-order valence-corrected chi connectivity index (χ4v) is 7.85. The van der Waals surface area contributed by atoms with Crippen molar-refractivity contribution in [2.75, 3.05) is 86.3 Å². The molecule has 2 aliphatic carbocycles. The predicted octanol–water partition coefficient (Wildman–Crippen LogP) is 6.46. The van der Waals surface area contributed by atoms with E-state index in [0.29, 0.717) is 90.6 Å². The van der Waals surface area contributed by atoms with Crippen LogP contribution in [0.2, 0.25) is 5.28 Å². The number of anilines is 4. The lowest BCUT2D eigenvalue weighted by molar-refractivity contribution is 0.0576. The number of rotatable bonds is 10. The van der Waals surface area contributed by atoms with Gasteiger partial charge in [-0.1, -0.05) is 0 Å². The van der Waals surface area contributed by atoms with Gasteiger partial charge in [0.25, 0.3) is 0 Å². The normalized spacial score (nSPS) is 16.6. The van der Waals surface area contributed by atoms with Gasteiger partial charge in [0.2, 0.25) is 17.2 Å². The van der Waals surface area contributed by atoms with E-state index in [1.54, 1.807) is 38.9 Å². The molecule has 366 valence electrons. The van der Waals surface area contributed by atoms with Crippen molar-refractivity contribution in [3.05, 3.63) is 36.4 Å². The number of morpholine rings is 2. The highest BCUT2D eigenvalue weighted by Crippen LogP contribution is 2.36. The summed E-state index contributed by atoms with van der Waals surface area (Å²) < 4.78 is 25.9. The summed E-state index contributed by atoms with van der Waals surface area (Å²) in [7, 11) is 3.15. The van der Waals surface area contributed by atoms with Crippen molar-refractivity contribution in [2.24, 2.45) is 11.8 Å². The standard InChI is InChI=1S/C23H29ClN8O3.C23H30N8O3/c1-23(2,3)35-22(33)30(4)21-25-11-15(12-26-21)17-28-18(31-7-9-34-10-8-31)16-19(29-17)32(20(24)27-16)13-14-5-6-14;1-23(2,3)34-22(32)29(4)21-24-11-16(12-25-21)18-27-19(30-7-9-33-10-8-30)17-20(28-18)31(14-26-17)13-15-5-6-15/h11-12,14H,5-10,13H2,1-4H3;11-12,14-15H,5-10,13H2,1-4H3. The van der Waals surface area contributed by atoms with Gasteiger partial charge in [0, 0.05) is 78.2 Å². The van der Waals surface area contributed by atoms with Gasteiger partial charge in [-0.25, -0.2) is 69.2 Å². The van der Waals surface area contributed by atoms with E-state index in [-0.39, 0.29) is 11.9 Å². The maximum atomic E-state index is 12.4. The molecule has 0 bridgehead atoms. The second-order valence-corrected chi connectivity index (χ2v) is 20.0. The number of nitrogens with zero attached hydrogens (tertiary/aromatic N) is 16. The number of amides is 2. The van der Waals surface area contributed by atoms with Gasteiger partial charge in [0.15, 0.2) is 45.6 Å². The van der Waals surface area contributed by atoms with Gasteiger partial charge in [-0.3, -0.25) is 4.57 Å². The largest absolute Gasteiger partial charge is 0.443 e. The monoisotopic (exact) mass is 966 g/mol. The first-order valence-corrected chi connectivity index (χ1v) is 23.8. The molecule has 0 N–H and O–H groups in total. The number of hydrogen-bond donors (Lipinski definition) is 0. The van der Waals surface area contributed by atoms with Crippen molar-refractivity contribution in [1.29, 1.82) is 0 Å². The molecule has 6 aromatic heterocycles. The van der Waals surface area contributed by atoms with Gasteiger partial charge < -0.3 is 33.3 Å². The Kier molecular flexibility index (Phi) is 13.5. The Morgan fingerprint density at radius 1 is 0.623 bits per heavy atom. The lowest BCUT2D eigenvalue weighted by Crippen LogP contribution is -2.37. The smallest absolute Gasteiger partial charge is 0.416 e. The van der Waals surface area contributed by atoms with Crippen molar-refractivity contribution in [3.63, 3.8) is 0 Å². The van der Waals surface area contributed by atoms with E-state index in [1.165, 1.54) is 35.5 Å². The summed E-state index contributed by atoms with van der Waals surface area (Å²) in [5, 5.41) is 0.415. The second-order valence-electron chi connectivity index (χ2n) is 19.7. The van der Waals surface area contributed by atoms with Crippen LogP contribution in [-0.2, 0) is 32.0 Å². The van der Waals surface area contributed by atoms with E-state index in [0.717, 1.165) is 49.0 Å². The van der Waals surface area contributed by atoms with Crippen LogP contribution in [0, 0.1) is 11.8 Å². The first-order valence-electron chi connectivity index (χ1n) is 23.4. The number of ether oxygens (including phenoxy) is 4. The number of imidazole rings is 2. The summed E-state index contributed by atoms with van der Waals surface area (Å²) in [4.78, 5) is 77.7. The molecule has 23 heteroatoms. The highest BCUT2D eigenvalue weighted by molar-refractivity contribution is 6.29. The second kappa shape index (κ2) is 19.5. The number of halogens is 1. The molecule has 0 aromatic carbocycles. The number of fused-ring (bicyclic) bond motifs is 2. The van der Waals surface area contributed by atoms with Crippen molar-refractivity contribution in [2.45, 2.75) is 91.5 Å². The molecule has 2 amide bonds. The van der Waals surface area contributed by atoms with Gasteiger partial charge in [-0.2, -0.15) is 0 Å². The Labute approximate surface area is 404 Å². The van der Waals surface area contributed by atoms with E-state index in [2.05, 4.69) is 44.3 Å². The number of hydrogen-bond acceptors (Lipinski definition) is 18. The fourth-order valence-electron chi connectivity index (χ4n) is 7.62. The third-order valence-electron chi connectivity index (χ3n) is 11.6. The molecule has 2 saturated heterocycles. The van der Waals surface area contributed by atoms with E-state index < -0.39 is 23.4 Å². The molecule has 4 aliphatic rings. The molecule has 0 unspecified atom stereocenters. The maximum absolute atomic E-state index is 12.4. The molecule has 0 atom stereocenters. The first kappa shape index (κ1) is 47.7. The average Bonchev–Trinajstić information content (AvgIpc) is 4.27. The quantitative estimate of drug-likeness (QED) is 0.134. The molecular formula is C46H59ClN16O6. The summed E-state index contributed by atoms with van der Waals surface area (Å²) in [6.07, 6.45) is 12.2. The van der Waals surface area contributed by atoms with Crippen LogP contribution >= 0.6 is 11.6 Å². The van der Waals surface area contributed by atoms with E-state index >= 15 is 0 Å². The topological polar surface area (TPSA) is 223 Å². The van der Waals surface area contributed by atoms with Crippen LogP contribution < -0.4 is 19.6 Å². The van der Waals surface area contributed by atoms with Crippen molar-refractivity contribution >= 4 is 69.6 Å². The van der Waals surface area contributed by atoms with Gasteiger partial charge in [-0.05, 0) is 90.7 Å². The van der Waals surface area contributed by atoms with Crippen molar-refractivity contribution in [1.82, 2.24) is 59.0 Å². The zero-order valence-electron chi connectivity index (χ0n) is 40.4. The summed E-state index contributed by atoms with van der Waals surface area (Å²) in [6, 6.07) is 0. The van der Waals surface area contributed by atoms with Gasteiger partial charge in [0.05, 0.1) is 43.9 Å². The molecule has 6 aromatic rings. The molecule has 0 spiro atoms. The Balaban J connectivity index is 0.000000172. The third-order valence-corrected chi connectivity index (χ3v) is 11.9. The molecular weight excluding hydrogens is 908 g/mol. The minimum absolute atomic E-state index is 0.222. The molecule has 4 fully saturated rings. The summed E-state index contributed by atoms with van der Waals surface area (Å²) in [5.41, 5.74) is 3.06. The van der Waals surface area contributed by atoms with Crippen LogP contribution in [0.15, 0.2) is 31.1 Å². The van der Waals surface area contributed by atoms with E-state index in [4.69, 9.17) is 50.5 Å². The third kappa shape index (κ3) is 11.4. The lowest BCUT2D eigenvalue weighted by Gasteiger charge is -2.28. The Morgan fingerprint density at radius 3 is 1.51 bits per heavy atom. The molecule has 22 nitrogen and oxygen atoms in total. The van der Waals surface area contributed by atoms with Crippen LogP contribution in [0.5, 0.6) is 0 Å². The minimum Gasteiger partial charge on any atom is -0.443 e. The molecule has 69 heavy (non-hydrogen) atoms. The van der Waals surface area contributed by atoms with Gasteiger partial charge in [-0.15, -0.1) is 0 Å². The molecule has 8 heterocycles. The summed E-state index contributed by atoms with van der Waals surface area (Å²) >= 11 is 6.55. The van der Waals surface area contributed by atoms with Crippen molar-refractivity contribution < 1.29 is 28.5 Å². The molecule has 10 rings (SSSR count). The summed E-state index contributed by atoms with van der Waals surface area (Å²) in [6.45, 7) is 18.0. The molecule has 0 radical (unpaired) electrons. The first-order chi connectivity index (χ1) is 33.0. The van der Waals surface area contributed by atoms with Crippen LogP contribution in [-0.4, -0.2) is 149 Å². The van der Waals surface area contributed by atoms with E-state index in [1.807, 2.05) is 52.4 Å². The van der Waals surface area contributed by atoms with Gasteiger partial charge in [0.1, 0.15) is 11.2 Å². The minimum atomic E-state index is -0.616. The lowest BCUT2D eigenvalue weighted by atomic mass is 10.2. The zero-order valence-corrected chi connectivity index (χ0v) is 41.2. The van der Waals surface area contributed by atoms with Crippen LogP contribution in [0.3, 0.4) is 0 Å². The summed E-state index contributed by atoms with van der Waals surface area (Å²) in [5.74, 6) is 4.27. The highest BCUT2D eigenvalue weighted by atomic mass is 35.5. The highest BCUT2D eigenvalue weighted by Gasteiger charge is 2.30. The zero-order chi connectivity index (χ0) is 48.6. The molecule has 2 saturated carbocycles. The van der Waals surface area contributed by atoms with Crippen LogP contribution in [0.25, 0.3) is 45.1 Å². The van der Waals surface area contributed by atoms with E-state index in [9.17, 15) is 9.59 Å². The molecule has 2 aliphatic heterocycles. The van der Waals surface area contributed by atoms with Crippen LogP contribution in [0.4, 0.5) is 33.1 Å². The fraction of sp³-hybridized carbons (Fsp3) is 0.565. The van der Waals surface area contributed by atoms with Crippen molar-refractivity contribution in [3.8, 4) is 22.8 Å². The number of carbonyl (C=O) groups excluding carboxylic acids is 2.